The lowest BCUT2D eigenvalue weighted by Gasteiger charge is -2.24. The van der Waals surface area contributed by atoms with Crippen LogP contribution in [0.2, 0.25) is 5.02 Å². The van der Waals surface area contributed by atoms with Gasteiger partial charge in [0.05, 0.1) is 23.4 Å². The van der Waals surface area contributed by atoms with Crippen molar-refractivity contribution >= 4 is 35.6 Å². The molecule has 4 N–H and O–H groups in total. The summed E-state index contributed by atoms with van der Waals surface area (Å²) < 4.78 is 5.18. The Labute approximate surface area is 129 Å². The highest BCUT2D eigenvalue weighted by molar-refractivity contribution is 6.33. The second-order valence-corrected chi connectivity index (χ2v) is 4.98. The fourth-order valence-electron chi connectivity index (χ4n) is 2.14. The Balaban J connectivity index is 0.00000200. The minimum absolute atomic E-state index is 0. The van der Waals surface area contributed by atoms with E-state index >= 15 is 0 Å². The summed E-state index contributed by atoms with van der Waals surface area (Å²) >= 11 is 5.96. The molecule has 0 radical (unpaired) electrons. The van der Waals surface area contributed by atoms with Gasteiger partial charge < -0.3 is 21.1 Å². The van der Waals surface area contributed by atoms with E-state index in [-0.39, 0.29) is 24.4 Å². The predicted octanol–water partition coefficient (Wildman–Crippen LogP) is 1.83. The van der Waals surface area contributed by atoms with E-state index in [1.807, 2.05) is 0 Å². The van der Waals surface area contributed by atoms with Crippen LogP contribution < -0.4 is 21.1 Å². The first-order chi connectivity index (χ1) is 9.11. The molecular formula is C13H19Cl2N3O2. The lowest BCUT2D eigenvalue weighted by molar-refractivity contribution is 0.0926. The number of nitrogens with one attached hydrogen (secondary N) is 2. The zero-order valence-electron chi connectivity index (χ0n) is 11.2. The van der Waals surface area contributed by atoms with Crippen LogP contribution in [0, 0.1) is 0 Å². The fraction of sp³-hybridized carbons (Fsp3) is 0.462. The lowest BCUT2D eigenvalue weighted by atomic mass is 10.1. The van der Waals surface area contributed by atoms with Crippen molar-refractivity contribution in [3.63, 3.8) is 0 Å². The monoisotopic (exact) mass is 319 g/mol. The van der Waals surface area contributed by atoms with Crippen molar-refractivity contribution in [1.29, 1.82) is 0 Å². The SMILES string of the molecule is COc1cc(N)c(Cl)cc1C(=O)NC1CCNCC1.Cl. The van der Waals surface area contributed by atoms with E-state index < -0.39 is 0 Å². The number of benzene rings is 1. The second-order valence-electron chi connectivity index (χ2n) is 4.57. The van der Waals surface area contributed by atoms with Crippen molar-refractivity contribution in [1.82, 2.24) is 10.6 Å². The maximum absolute atomic E-state index is 12.2. The highest BCUT2D eigenvalue weighted by atomic mass is 35.5. The number of nitrogen functional groups attached to an aromatic ring is 1. The molecule has 0 spiro atoms. The van der Waals surface area contributed by atoms with Gasteiger partial charge in [0, 0.05) is 12.1 Å². The van der Waals surface area contributed by atoms with Gasteiger partial charge in [0.25, 0.3) is 5.91 Å². The molecule has 1 aromatic carbocycles. The van der Waals surface area contributed by atoms with E-state index in [0.717, 1.165) is 25.9 Å². The fourth-order valence-corrected chi connectivity index (χ4v) is 2.31. The summed E-state index contributed by atoms with van der Waals surface area (Å²) in [6.45, 7) is 1.84. The van der Waals surface area contributed by atoms with Gasteiger partial charge in [-0.05, 0) is 32.0 Å². The van der Waals surface area contributed by atoms with Gasteiger partial charge in [-0.3, -0.25) is 4.79 Å². The third kappa shape index (κ3) is 3.91. The van der Waals surface area contributed by atoms with Crippen molar-refractivity contribution in [2.45, 2.75) is 18.9 Å². The highest BCUT2D eigenvalue weighted by Crippen LogP contribution is 2.28. The van der Waals surface area contributed by atoms with Crippen molar-refractivity contribution in [2.24, 2.45) is 0 Å². The van der Waals surface area contributed by atoms with Crippen molar-refractivity contribution in [3.8, 4) is 5.75 Å². The van der Waals surface area contributed by atoms with Crippen LogP contribution in [0.15, 0.2) is 12.1 Å². The van der Waals surface area contributed by atoms with Crippen LogP contribution in [0.25, 0.3) is 0 Å². The second kappa shape index (κ2) is 7.57. The van der Waals surface area contributed by atoms with Crippen molar-refractivity contribution in [3.05, 3.63) is 22.7 Å². The van der Waals surface area contributed by atoms with Gasteiger partial charge in [-0.15, -0.1) is 12.4 Å². The Kier molecular flexibility index (Phi) is 6.39. The van der Waals surface area contributed by atoms with Crippen LogP contribution in [0.5, 0.6) is 5.75 Å². The first kappa shape index (κ1) is 16.9. The number of anilines is 1. The van der Waals surface area contributed by atoms with Crippen molar-refractivity contribution < 1.29 is 9.53 Å². The minimum Gasteiger partial charge on any atom is -0.496 e. The molecule has 1 saturated heterocycles. The molecule has 5 nitrogen and oxygen atoms in total. The standard InChI is InChI=1S/C13H18ClN3O2.ClH/c1-19-12-7-11(15)10(14)6-9(12)13(18)17-8-2-4-16-5-3-8;/h6-8,16H,2-5,15H2,1H3,(H,17,18);1H. The molecule has 1 amide bonds. The first-order valence-corrected chi connectivity index (χ1v) is 6.64. The lowest BCUT2D eigenvalue weighted by Crippen LogP contribution is -2.42. The Morgan fingerprint density at radius 1 is 1.45 bits per heavy atom. The largest absolute Gasteiger partial charge is 0.496 e. The first-order valence-electron chi connectivity index (χ1n) is 6.26. The van der Waals surface area contributed by atoms with Crippen LogP contribution >= 0.6 is 24.0 Å². The molecule has 0 aliphatic carbocycles. The number of nitrogens with two attached hydrogens (primary N) is 1. The Morgan fingerprint density at radius 3 is 2.70 bits per heavy atom. The molecule has 2 rings (SSSR count). The zero-order valence-corrected chi connectivity index (χ0v) is 12.8. The number of amides is 1. The third-order valence-electron chi connectivity index (χ3n) is 3.24. The third-order valence-corrected chi connectivity index (χ3v) is 3.57. The van der Waals surface area contributed by atoms with E-state index in [1.165, 1.54) is 7.11 Å². The summed E-state index contributed by atoms with van der Waals surface area (Å²) in [5.74, 6) is 0.263. The quantitative estimate of drug-likeness (QED) is 0.743. The van der Waals surface area contributed by atoms with Gasteiger partial charge in [0.1, 0.15) is 5.75 Å². The Morgan fingerprint density at radius 2 is 2.10 bits per heavy atom. The summed E-state index contributed by atoms with van der Waals surface area (Å²) in [7, 11) is 1.50. The Bertz CT molecular complexity index is 477. The Hall–Kier alpha value is -1.17. The van der Waals surface area contributed by atoms with Gasteiger partial charge in [0.15, 0.2) is 0 Å². The molecule has 0 atom stereocenters. The van der Waals surface area contributed by atoms with Gasteiger partial charge >= 0.3 is 0 Å². The molecule has 20 heavy (non-hydrogen) atoms. The summed E-state index contributed by atoms with van der Waals surface area (Å²) in [6.07, 6.45) is 1.85. The number of carbonyl (C=O) groups excluding carboxylic acids is 1. The normalized spacial score (nSPS) is 15.3. The van der Waals surface area contributed by atoms with Crippen LogP contribution in [-0.2, 0) is 0 Å². The van der Waals surface area contributed by atoms with Gasteiger partial charge in [-0.2, -0.15) is 0 Å². The van der Waals surface area contributed by atoms with Gasteiger partial charge in [-0.1, -0.05) is 11.6 Å². The van der Waals surface area contributed by atoms with Crippen molar-refractivity contribution in [2.75, 3.05) is 25.9 Å². The minimum atomic E-state index is -0.175. The van der Waals surface area contributed by atoms with E-state index in [0.29, 0.717) is 22.0 Å². The summed E-state index contributed by atoms with van der Waals surface area (Å²) in [4.78, 5) is 12.2. The van der Waals surface area contributed by atoms with Crippen LogP contribution in [0.3, 0.4) is 0 Å². The van der Waals surface area contributed by atoms with Crippen LogP contribution in [-0.4, -0.2) is 32.1 Å². The molecule has 1 aliphatic rings. The molecule has 0 aromatic heterocycles. The number of hydrogen-bond acceptors (Lipinski definition) is 4. The highest BCUT2D eigenvalue weighted by Gasteiger charge is 2.20. The molecule has 1 aliphatic heterocycles. The van der Waals surface area contributed by atoms with E-state index in [1.54, 1.807) is 12.1 Å². The smallest absolute Gasteiger partial charge is 0.255 e. The number of ether oxygens (including phenoxy) is 1. The van der Waals surface area contributed by atoms with Gasteiger partial charge in [-0.25, -0.2) is 0 Å². The van der Waals surface area contributed by atoms with Crippen LogP contribution in [0.1, 0.15) is 23.2 Å². The summed E-state index contributed by atoms with van der Waals surface area (Å²) in [5, 5.41) is 6.61. The van der Waals surface area contributed by atoms with E-state index in [9.17, 15) is 4.79 Å². The van der Waals surface area contributed by atoms with Crippen LogP contribution in [0.4, 0.5) is 5.69 Å². The summed E-state index contributed by atoms with van der Waals surface area (Å²) in [5.41, 5.74) is 6.51. The number of hydrogen-bond donors (Lipinski definition) is 3. The maximum Gasteiger partial charge on any atom is 0.255 e. The predicted molar refractivity (Wildman–Crippen MR) is 83.0 cm³/mol. The van der Waals surface area contributed by atoms with E-state index in [2.05, 4.69) is 10.6 Å². The van der Waals surface area contributed by atoms with E-state index in [4.69, 9.17) is 22.1 Å². The van der Waals surface area contributed by atoms with Gasteiger partial charge in [0.2, 0.25) is 0 Å². The molecule has 7 heteroatoms. The molecule has 1 heterocycles. The number of rotatable bonds is 3. The molecule has 0 bridgehead atoms. The summed E-state index contributed by atoms with van der Waals surface area (Å²) in [6, 6.07) is 3.31. The molecule has 1 aromatic rings. The molecule has 0 saturated carbocycles. The number of methoxy groups -OCH3 is 1. The molecule has 1 fully saturated rings. The maximum atomic E-state index is 12.2. The average Bonchev–Trinajstić information content (AvgIpc) is 2.42. The number of halogens is 2. The topological polar surface area (TPSA) is 76.4 Å². The number of piperidine rings is 1. The average molecular weight is 320 g/mol. The molecule has 112 valence electrons. The molecule has 0 unspecified atom stereocenters. The number of carbonyl (C=O) groups is 1. The zero-order chi connectivity index (χ0) is 13.8. The molecular weight excluding hydrogens is 301 g/mol.